The molecule has 3 unspecified atom stereocenters. The first kappa shape index (κ1) is 12.9. The molecule has 1 aliphatic rings. The molecule has 90 valence electrons. The van der Waals surface area contributed by atoms with Crippen molar-refractivity contribution in [1.29, 1.82) is 5.26 Å². The summed E-state index contributed by atoms with van der Waals surface area (Å²) < 4.78 is 5.19. The van der Waals surface area contributed by atoms with E-state index in [9.17, 15) is 4.79 Å². The molecule has 1 N–H and O–H groups in total. The van der Waals surface area contributed by atoms with E-state index in [1.165, 1.54) is 0 Å². The highest BCUT2D eigenvalue weighted by Gasteiger charge is 2.31. The molecule has 1 saturated heterocycles. The van der Waals surface area contributed by atoms with Gasteiger partial charge in [-0.3, -0.25) is 4.79 Å². The van der Waals surface area contributed by atoms with Crippen LogP contribution >= 0.6 is 0 Å². The average molecular weight is 225 g/mol. The maximum atomic E-state index is 12.0. The SMILES string of the molecule is COC1CNC(C(=O)N(C)CC(C)C#N)C1. The molecular weight excluding hydrogens is 206 g/mol. The summed E-state index contributed by atoms with van der Waals surface area (Å²) in [6, 6.07) is 1.96. The number of rotatable bonds is 4. The van der Waals surface area contributed by atoms with Gasteiger partial charge in [-0.05, 0) is 13.3 Å². The summed E-state index contributed by atoms with van der Waals surface area (Å²) in [5, 5.41) is 11.8. The summed E-state index contributed by atoms with van der Waals surface area (Å²) in [6.07, 6.45) is 0.830. The quantitative estimate of drug-likeness (QED) is 0.730. The van der Waals surface area contributed by atoms with Crippen LogP contribution in [0.25, 0.3) is 0 Å². The fraction of sp³-hybridized carbons (Fsp3) is 0.818. The van der Waals surface area contributed by atoms with Crippen molar-refractivity contribution >= 4 is 5.91 Å². The number of hydrogen-bond donors (Lipinski definition) is 1. The Hall–Kier alpha value is -1.12. The van der Waals surface area contributed by atoms with E-state index < -0.39 is 0 Å². The summed E-state index contributed by atoms with van der Waals surface area (Å²) in [5.74, 6) is -0.0878. The molecule has 0 bridgehead atoms. The predicted molar refractivity (Wildman–Crippen MR) is 59.6 cm³/mol. The number of nitrogens with one attached hydrogen (secondary N) is 1. The smallest absolute Gasteiger partial charge is 0.239 e. The van der Waals surface area contributed by atoms with Crippen LogP contribution in [0.3, 0.4) is 0 Å². The van der Waals surface area contributed by atoms with Crippen LogP contribution in [0, 0.1) is 17.2 Å². The van der Waals surface area contributed by atoms with Crippen LogP contribution in [0.5, 0.6) is 0 Å². The third kappa shape index (κ3) is 3.19. The molecule has 1 rings (SSSR count). The maximum Gasteiger partial charge on any atom is 0.239 e. The van der Waals surface area contributed by atoms with Gasteiger partial charge in [-0.25, -0.2) is 0 Å². The molecule has 0 radical (unpaired) electrons. The zero-order valence-corrected chi connectivity index (χ0v) is 10.1. The highest BCUT2D eigenvalue weighted by molar-refractivity contribution is 5.82. The zero-order chi connectivity index (χ0) is 12.1. The molecule has 0 spiro atoms. The maximum absolute atomic E-state index is 12.0. The summed E-state index contributed by atoms with van der Waals surface area (Å²) in [4.78, 5) is 13.6. The van der Waals surface area contributed by atoms with Gasteiger partial charge in [0.25, 0.3) is 0 Å². The number of carbonyl (C=O) groups is 1. The van der Waals surface area contributed by atoms with Crippen LogP contribution in [0.15, 0.2) is 0 Å². The number of hydrogen-bond acceptors (Lipinski definition) is 4. The van der Waals surface area contributed by atoms with Gasteiger partial charge in [-0.2, -0.15) is 5.26 Å². The number of carbonyl (C=O) groups excluding carboxylic acids is 1. The van der Waals surface area contributed by atoms with Crippen LogP contribution in [0.1, 0.15) is 13.3 Å². The van der Waals surface area contributed by atoms with Gasteiger partial charge < -0.3 is 15.0 Å². The number of likely N-dealkylation sites (N-methyl/N-ethyl adjacent to an activating group) is 1. The van der Waals surface area contributed by atoms with Gasteiger partial charge in [0.2, 0.25) is 5.91 Å². The first-order valence-corrected chi connectivity index (χ1v) is 5.49. The molecular formula is C11H19N3O2. The van der Waals surface area contributed by atoms with Crippen LogP contribution in [-0.4, -0.2) is 50.2 Å². The lowest BCUT2D eigenvalue weighted by Crippen LogP contribution is -2.43. The van der Waals surface area contributed by atoms with Crippen LogP contribution in [-0.2, 0) is 9.53 Å². The van der Waals surface area contributed by atoms with Gasteiger partial charge in [0.1, 0.15) is 0 Å². The largest absolute Gasteiger partial charge is 0.380 e. The van der Waals surface area contributed by atoms with Crippen LogP contribution in [0.4, 0.5) is 0 Å². The van der Waals surface area contributed by atoms with Crippen molar-refractivity contribution < 1.29 is 9.53 Å². The fourth-order valence-corrected chi connectivity index (χ4v) is 1.88. The summed E-state index contributed by atoms with van der Waals surface area (Å²) in [5.41, 5.74) is 0. The molecule has 5 nitrogen and oxygen atoms in total. The molecule has 0 aromatic carbocycles. The molecule has 3 atom stereocenters. The second kappa shape index (κ2) is 5.83. The van der Waals surface area contributed by atoms with E-state index in [0.29, 0.717) is 19.5 Å². The van der Waals surface area contributed by atoms with E-state index in [1.54, 1.807) is 19.1 Å². The fourth-order valence-electron chi connectivity index (χ4n) is 1.88. The Morgan fingerprint density at radius 3 is 2.94 bits per heavy atom. The third-order valence-electron chi connectivity index (χ3n) is 2.87. The van der Waals surface area contributed by atoms with Crippen molar-refractivity contribution in [2.75, 3.05) is 27.2 Å². The van der Waals surface area contributed by atoms with Gasteiger partial charge in [0.15, 0.2) is 0 Å². The molecule has 0 aromatic rings. The second-order valence-corrected chi connectivity index (χ2v) is 4.30. The van der Waals surface area contributed by atoms with Crippen LogP contribution < -0.4 is 5.32 Å². The molecule has 16 heavy (non-hydrogen) atoms. The minimum Gasteiger partial charge on any atom is -0.380 e. The van der Waals surface area contributed by atoms with E-state index in [0.717, 1.165) is 0 Å². The topological polar surface area (TPSA) is 65.4 Å². The highest BCUT2D eigenvalue weighted by atomic mass is 16.5. The van der Waals surface area contributed by atoms with E-state index in [2.05, 4.69) is 11.4 Å². The van der Waals surface area contributed by atoms with E-state index in [4.69, 9.17) is 10.00 Å². The zero-order valence-electron chi connectivity index (χ0n) is 10.1. The van der Waals surface area contributed by atoms with E-state index >= 15 is 0 Å². The normalized spacial score (nSPS) is 26.1. The highest BCUT2D eigenvalue weighted by Crippen LogP contribution is 2.12. The first-order chi connectivity index (χ1) is 7.58. The molecule has 1 aliphatic heterocycles. The van der Waals surface area contributed by atoms with Crippen molar-refractivity contribution in [1.82, 2.24) is 10.2 Å². The Labute approximate surface area is 96.4 Å². The number of amides is 1. The number of nitrogens with zero attached hydrogens (tertiary/aromatic N) is 2. The Kier molecular flexibility index (Phi) is 4.71. The third-order valence-corrected chi connectivity index (χ3v) is 2.87. The van der Waals surface area contributed by atoms with Gasteiger partial charge in [-0.1, -0.05) is 0 Å². The molecule has 0 aromatic heterocycles. The Morgan fingerprint density at radius 2 is 2.44 bits per heavy atom. The van der Waals surface area contributed by atoms with Crippen molar-refractivity contribution in [2.24, 2.45) is 5.92 Å². The van der Waals surface area contributed by atoms with Gasteiger partial charge in [0.05, 0.1) is 24.1 Å². The molecule has 0 aliphatic carbocycles. The molecule has 5 heteroatoms. The molecule has 0 saturated carbocycles. The Bertz CT molecular complexity index is 287. The lowest BCUT2D eigenvalue weighted by atomic mass is 10.1. The molecule has 1 amide bonds. The van der Waals surface area contributed by atoms with E-state index in [-0.39, 0.29) is 24.0 Å². The van der Waals surface area contributed by atoms with Gasteiger partial charge in [0, 0.05) is 27.2 Å². The number of methoxy groups -OCH3 is 1. The second-order valence-electron chi connectivity index (χ2n) is 4.30. The molecule has 1 fully saturated rings. The minimum absolute atomic E-state index is 0.0432. The van der Waals surface area contributed by atoms with Crippen molar-refractivity contribution in [2.45, 2.75) is 25.5 Å². The molecule has 1 heterocycles. The van der Waals surface area contributed by atoms with Crippen LogP contribution in [0.2, 0.25) is 0 Å². The summed E-state index contributed by atoms with van der Waals surface area (Å²) >= 11 is 0. The lowest BCUT2D eigenvalue weighted by Gasteiger charge is -2.21. The Morgan fingerprint density at radius 1 is 1.75 bits per heavy atom. The van der Waals surface area contributed by atoms with E-state index in [1.807, 2.05) is 6.92 Å². The van der Waals surface area contributed by atoms with Crippen molar-refractivity contribution in [3.05, 3.63) is 0 Å². The lowest BCUT2D eigenvalue weighted by molar-refractivity contribution is -0.132. The Balaban J connectivity index is 2.43. The standard InChI is InChI=1S/C11H19N3O2/c1-8(5-12)7-14(2)11(15)10-4-9(16-3)6-13-10/h8-10,13H,4,6-7H2,1-3H3. The van der Waals surface area contributed by atoms with Crippen molar-refractivity contribution in [3.63, 3.8) is 0 Å². The van der Waals surface area contributed by atoms with Gasteiger partial charge in [-0.15, -0.1) is 0 Å². The minimum atomic E-state index is -0.166. The number of ether oxygens (including phenoxy) is 1. The average Bonchev–Trinajstić information content (AvgIpc) is 2.76. The summed E-state index contributed by atoms with van der Waals surface area (Å²) in [7, 11) is 3.39. The number of nitriles is 1. The summed E-state index contributed by atoms with van der Waals surface area (Å²) in [6.45, 7) is 3.00. The predicted octanol–water partition coefficient (Wildman–Crippen LogP) is -0.0186. The monoisotopic (exact) mass is 225 g/mol. The van der Waals surface area contributed by atoms with Crippen molar-refractivity contribution in [3.8, 4) is 6.07 Å². The van der Waals surface area contributed by atoms with Gasteiger partial charge >= 0.3 is 0 Å². The first-order valence-electron chi connectivity index (χ1n) is 5.49.